The third-order valence-electron chi connectivity index (χ3n) is 3.46. The molecular weight excluding hydrogens is 303 g/mol. The molecule has 1 fully saturated rings. The molecule has 22 heavy (non-hydrogen) atoms. The number of hydrogen-bond donors (Lipinski definition) is 3. The molecule has 9 heteroatoms. The summed E-state index contributed by atoms with van der Waals surface area (Å²) in [5.74, 6) is -0.136. The van der Waals surface area contributed by atoms with Crippen LogP contribution in [-0.4, -0.2) is 51.1 Å². The molecule has 1 aliphatic rings. The first kappa shape index (κ1) is 16.9. The lowest BCUT2D eigenvalue weighted by atomic mass is 9.95. The van der Waals surface area contributed by atoms with Crippen molar-refractivity contribution in [2.75, 3.05) is 11.9 Å². The third-order valence-corrected chi connectivity index (χ3v) is 3.46. The zero-order valence-electron chi connectivity index (χ0n) is 11.9. The highest BCUT2D eigenvalue weighted by Gasteiger charge is 2.38. The van der Waals surface area contributed by atoms with Crippen LogP contribution >= 0.6 is 0 Å². The molecule has 0 spiro atoms. The summed E-state index contributed by atoms with van der Waals surface area (Å²) in [6.45, 7) is 1.98. The number of halogens is 3. The Labute approximate surface area is 125 Å². The standard InChI is InChI=1S/C13H18F3N3O3/c1-2-3-8-12(21)11(20)7(6-22-8)18-10-5-17-4-9(19-10)13(14,15)16/h4-5,7-8,11-12,20-21H,2-3,6H2,1H3,(H,18,19). The van der Waals surface area contributed by atoms with Crippen LogP contribution in [0.15, 0.2) is 12.4 Å². The summed E-state index contributed by atoms with van der Waals surface area (Å²) in [5, 5.41) is 22.7. The van der Waals surface area contributed by atoms with Crippen LogP contribution in [0.3, 0.4) is 0 Å². The fourth-order valence-electron chi connectivity index (χ4n) is 2.31. The highest BCUT2D eigenvalue weighted by atomic mass is 19.4. The summed E-state index contributed by atoms with van der Waals surface area (Å²) in [4.78, 5) is 6.88. The SMILES string of the molecule is CCCC1OCC(Nc2cncc(C(F)(F)F)n2)C(O)C1O. The average Bonchev–Trinajstić information content (AvgIpc) is 2.46. The van der Waals surface area contributed by atoms with Crippen molar-refractivity contribution in [2.45, 2.75) is 50.3 Å². The number of alkyl halides is 3. The summed E-state index contributed by atoms with van der Waals surface area (Å²) >= 11 is 0. The lowest BCUT2D eigenvalue weighted by molar-refractivity contribution is -0.143. The maximum Gasteiger partial charge on any atom is 0.434 e. The Morgan fingerprint density at radius 2 is 2.05 bits per heavy atom. The molecule has 0 saturated carbocycles. The van der Waals surface area contributed by atoms with Crippen molar-refractivity contribution in [2.24, 2.45) is 0 Å². The number of aliphatic hydroxyl groups is 2. The molecule has 0 amide bonds. The van der Waals surface area contributed by atoms with Crippen molar-refractivity contribution in [3.63, 3.8) is 0 Å². The average molecular weight is 321 g/mol. The topological polar surface area (TPSA) is 87.5 Å². The number of ether oxygens (including phenoxy) is 1. The predicted molar refractivity (Wildman–Crippen MR) is 71.1 cm³/mol. The van der Waals surface area contributed by atoms with Crippen molar-refractivity contribution in [1.82, 2.24) is 9.97 Å². The van der Waals surface area contributed by atoms with Crippen molar-refractivity contribution in [3.05, 3.63) is 18.1 Å². The second-order valence-corrected chi connectivity index (χ2v) is 5.18. The van der Waals surface area contributed by atoms with Crippen molar-refractivity contribution >= 4 is 5.82 Å². The lowest BCUT2D eigenvalue weighted by Crippen LogP contribution is -2.55. The largest absolute Gasteiger partial charge is 0.434 e. The Morgan fingerprint density at radius 3 is 2.68 bits per heavy atom. The fourth-order valence-corrected chi connectivity index (χ4v) is 2.31. The Morgan fingerprint density at radius 1 is 1.32 bits per heavy atom. The summed E-state index contributed by atoms with van der Waals surface area (Å²) in [6, 6.07) is -0.763. The number of aliphatic hydroxyl groups excluding tert-OH is 2. The summed E-state index contributed by atoms with van der Waals surface area (Å²) in [5.41, 5.74) is -1.13. The van der Waals surface area contributed by atoms with Crippen LogP contribution in [0.25, 0.3) is 0 Å². The summed E-state index contributed by atoms with van der Waals surface area (Å²) in [6.07, 6.45) is -4.24. The second kappa shape index (κ2) is 6.76. The molecule has 1 aliphatic heterocycles. The molecule has 2 rings (SSSR count). The lowest BCUT2D eigenvalue weighted by Gasteiger charge is -2.38. The second-order valence-electron chi connectivity index (χ2n) is 5.18. The molecule has 3 N–H and O–H groups in total. The Bertz CT molecular complexity index is 501. The van der Waals surface area contributed by atoms with Gasteiger partial charge in [-0.15, -0.1) is 0 Å². The Kier molecular flexibility index (Phi) is 5.20. The minimum Gasteiger partial charge on any atom is -0.388 e. The van der Waals surface area contributed by atoms with Crippen LogP contribution in [0.2, 0.25) is 0 Å². The molecule has 1 saturated heterocycles. The van der Waals surface area contributed by atoms with E-state index in [1.54, 1.807) is 0 Å². The fraction of sp³-hybridized carbons (Fsp3) is 0.692. The van der Waals surface area contributed by atoms with Gasteiger partial charge in [0, 0.05) is 0 Å². The van der Waals surface area contributed by atoms with Crippen molar-refractivity contribution in [3.8, 4) is 0 Å². The van der Waals surface area contributed by atoms with Crippen molar-refractivity contribution in [1.29, 1.82) is 0 Å². The van der Waals surface area contributed by atoms with E-state index in [2.05, 4.69) is 15.3 Å². The molecular formula is C13H18F3N3O3. The Balaban J connectivity index is 2.05. The monoisotopic (exact) mass is 321 g/mol. The maximum absolute atomic E-state index is 12.6. The first-order valence-corrected chi connectivity index (χ1v) is 6.96. The van der Waals surface area contributed by atoms with Gasteiger partial charge in [-0.1, -0.05) is 13.3 Å². The molecule has 4 atom stereocenters. The van der Waals surface area contributed by atoms with E-state index in [-0.39, 0.29) is 12.4 Å². The molecule has 6 nitrogen and oxygen atoms in total. The van der Waals surface area contributed by atoms with E-state index in [9.17, 15) is 23.4 Å². The number of nitrogens with zero attached hydrogens (tertiary/aromatic N) is 2. The van der Waals surface area contributed by atoms with E-state index in [0.29, 0.717) is 12.6 Å². The maximum atomic E-state index is 12.6. The van der Waals surface area contributed by atoms with Gasteiger partial charge in [-0.2, -0.15) is 13.2 Å². The highest BCUT2D eigenvalue weighted by Crippen LogP contribution is 2.28. The molecule has 4 unspecified atom stereocenters. The van der Waals surface area contributed by atoms with Gasteiger partial charge in [-0.05, 0) is 6.42 Å². The van der Waals surface area contributed by atoms with Crippen LogP contribution in [-0.2, 0) is 10.9 Å². The first-order valence-electron chi connectivity index (χ1n) is 6.96. The molecule has 124 valence electrons. The van der Waals surface area contributed by atoms with Gasteiger partial charge in [0.15, 0.2) is 5.69 Å². The van der Waals surface area contributed by atoms with Crippen LogP contribution in [0.5, 0.6) is 0 Å². The zero-order chi connectivity index (χ0) is 16.3. The Hall–Kier alpha value is -1.45. The normalized spacial score (nSPS) is 29.4. The van der Waals surface area contributed by atoms with Gasteiger partial charge in [-0.3, -0.25) is 4.98 Å². The number of nitrogens with one attached hydrogen (secondary N) is 1. The van der Waals surface area contributed by atoms with Gasteiger partial charge in [0.1, 0.15) is 18.0 Å². The molecule has 1 aromatic heterocycles. The van der Waals surface area contributed by atoms with Gasteiger partial charge in [-0.25, -0.2) is 4.98 Å². The van der Waals surface area contributed by atoms with E-state index in [4.69, 9.17) is 4.74 Å². The van der Waals surface area contributed by atoms with E-state index in [0.717, 1.165) is 12.6 Å². The summed E-state index contributed by atoms with van der Waals surface area (Å²) < 4.78 is 43.2. The van der Waals surface area contributed by atoms with Crippen molar-refractivity contribution < 1.29 is 28.1 Å². The predicted octanol–water partition coefficient (Wildman–Crippen LogP) is 1.20. The van der Waals surface area contributed by atoms with Gasteiger partial charge < -0.3 is 20.3 Å². The summed E-state index contributed by atoms with van der Waals surface area (Å²) in [7, 11) is 0. The van der Waals surface area contributed by atoms with Gasteiger partial charge >= 0.3 is 6.18 Å². The van der Waals surface area contributed by atoms with Gasteiger partial charge in [0.25, 0.3) is 0 Å². The molecule has 0 aromatic carbocycles. The van der Waals surface area contributed by atoms with Crippen LogP contribution < -0.4 is 5.32 Å². The molecule has 0 aliphatic carbocycles. The number of anilines is 1. The minimum atomic E-state index is -4.60. The minimum absolute atomic E-state index is 0.0564. The molecule has 2 heterocycles. The zero-order valence-corrected chi connectivity index (χ0v) is 11.9. The highest BCUT2D eigenvalue weighted by molar-refractivity contribution is 5.34. The number of aromatic nitrogens is 2. The van der Waals surface area contributed by atoms with Gasteiger partial charge in [0.05, 0.1) is 31.1 Å². The first-order chi connectivity index (χ1) is 10.3. The van der Waals surface area contributed by atoms with E-state index in [1.807, 2.05) is 6.92 Å². The number of rotatable bonds is 4. The van der Waals surface area contributed by atoms with E-state index >= 15 is 0 Å². The third kappa shape index (κ3) is 3.84. The van der Waals surface area contributed by atoms with Crippen LogP contribution in [0, 0.1) is 0 Å². The number of hydrogen-bond acceptors (Lipinski definition) is 6. The quantitative estimate of drug-likeness (QED) is 0.772. The van der Waals surface area contributed by atoms with Crippen LogP contribution in [0.1, 0.15) is 25.5 Å². The smallest absolute Gasteiger partial charge is 0.388 e. The molecule has 1 aromatic rings. The molecule has 0 radical (unpaired) electrons. The van der Waals surface area contributed by atoms with Gasteiger partial charge in [0.2, 0.25) is 0 Å². The van der Waals surface area contributed by atoms with Crippen LogP contribution in [0.4, 0.5) is 19.0 Å². The molecule has 0 bridgehead atoms. The van der Waals surface area contributed by atoms with E-state index in [1.165, 1.54) is 0 Å². The van der Waals surface area contributed by atoms with E-state index < -0.39 is 36.2 Å².